The number of aliphatic hydroxyl groups is 1. The van der Waals surface area contributed by atoms with Gasteiger partial charge in [0.2, 0.25) is 0 Å². The molecule has 0 saturated heterocycles. The van der Waals surface area contributed by atoms with Crippen molar-refractivity contribution in [3.05, 3.63) is 68.5 Å². The van der Waals surface area contributed by atoms with Gasteiger partial charge in [0.05, 0.1) is 23.8 Å². The summed E-state index contributed by atoms with van der Waals surface area (Å²) in [5.41, 5.74) is 1.27. The fraction of sp³-hybridized carbons (Fsp3) is 0.389. The first-order valence-electron chi connectivity index (χ1n) is 8.35. The maximum absolute atomic E-state index is 12.4. The second-order valence-electron chi connectivity index (χ2n) is 6.63. The lowest BCUT2D eigenvalue weighted by Gasteiger charge is -2.36. The Morgan fingerprint density at radius 1 is 1.24 bits per heavy atom. The Morgan fingerprint density at radius 2 is 2.00 bits per heavy atom. The summed E-state index contributed by atoms with van der Waals surface area (Å²) in [5.74, 6) is -0.255. The van der Waals surface area contributed by atoms with Crippen LogP contribution in [0.4, 0.5) is 0 Å². The third-order valence-electron chi connectivity index (χ3n) is 5.07. The minimum Gasteiger partial charge on any atom is -0.389 e. The number of H-pyrrole nitrogens is 1. The van der Waals surface area contributed by atoms with Crippen LogP contribution < -0.4 is 11.2 Å². The molecule has 25 heavy (non-hydrogen) atoms. The molecule has 1 aromatic heterocycles. The van der Waals surface area contributed by atoms with E-state index in [0.29, 0.717) is 18.4 Å². The van der Waals surface area contributed by atoms with Gasteiger partial charge in [0, 0.05) is 11.8 Å². The standard InChI is InChI=1S/C18H19N3O4/c1-10-9-21(18(24)19-17(10)23)12-7-8-13(22)16-14(12)15(20-25-16)11-5-3-2-4-6-11/h2-6,9,12-14,16,22H,7-8H2,1H3,(H,19,23,24)/t12-,13+,14-,16-/m0/s1. The molecule has 1 aliphatic heterocycles. The summed E-state index contributed by atoms with van der Waals surface area (Å²) in [7, 11) is 0. The molecule has 2 N–H and O–H groups in total. The van der Waals surface area contributed by atoms with Gasteiger partial charge in [-0.25, -0.2) is 4.79 Å². The molecule has 4 atom stereocenters. The molecule has 1 aromatic carbocycles. The zero-order valence-electron chi connectivity index (χ0n) is 13.8. The molecule has 1 saturated carbocycles. The van der Waals surface area contributed by atoms with E-state index in [9.17, 15) is 14.7 Å². The summed E-state index contributed by atoms with van der Waals surface area (Å²) in [6, 6.07) is 9.37. The Bertz CT molecular complexity index is 931. The molecule has 130 valence electrons. The van der Waals surface area contributed by atoms with Gasteiger partial charge in [0.1, 0.15) is 0 Å². The fourth-order valence-corrected chi connectivity index (χ4v) is 3.79. The fourth-order valence-electron chi connectivity index (χ4n) is 3.79. The largest absolute Gasteiger partial charge is 0.389 e. The third-order valence-corrected chi connectivity index (χ3v) is 5.07. The van der Waals surface area contributed by atoms with Crippen LogP contribution >= 0.6 is 0 Å². The molecule has 2 heterocycles. The average Bonchev–Trinajstić information content (AvgIpc) is 3.06. The van der Waals surface area contributed by atoms with Gasteiger partial charge < -0.3 is 9.94 Å². The van der Waals surface area contributed by atoms with E-state index in [4.69, 9.17) is 4.84 Å². The number of nitrogens with zero attached hydrogens (tertiary/aromatic N) is 2. The minimum atomic E-state index is -0.634. The number of aromatic nitrogens is 2. The van der Waals surface area contributed by atoms with Crippen LogP contribution in [0.1, 0.15) is 30.0 Å². The lowest BCUT2D eigenvalue weighted by molar-refractivity contribution is -0.0681. The molecule has 1 aliphatic carbocycles. The summed E-state index contributed by atoms with van der Waals surface area (Å²) in [6.45, 7) is 1.67. The maximum atomic E-state index is 12.4. The van der Waals surface area contributed by atoms with Gasteiger partial charge in [-0.3, -0.25) is 14.3 Å². The zero-order valence-corrected chi connectivity index (χ0v) is 13.8. The average molecular weight is 341 g/mol. The van der Waals surface area contributed by atoms with Gasteiger partial charge in [-0.05, 0) is 25.3 Å². The first-order valence-corrected chi connectivity index (χ1v) is 8.35. The molecule has 1 fully saturated rings. The van der Waals surface area contributed by atoms with Crippen LogP contribution in [-0.4, -0.2) is 32.6 Å². The first-order chi connectivity index (χ1) is 12.1. The van der Waals surface area contributed by atoms with Crippen LogP contribution in [0, 0.1) is 12.8 Å². The number of hydrogen-bond acceptors (Lipinski definition) is 5. The highest BCUT2D eigenvalue weighted by Crippen LogP contribution is 2.41. The Morgan fingerprint density at radius 3 is 2.76 bits per heavy atom. The highest BCUT2D eigenvalue weighted by Gasteiger charge is 2.48. The highest BCUT2D eigenvalue weighted by molar-refractivity contribution is 6.03. The van der Waals surface area contributed by atoms with Gasteiger partial charge in [0.15, 0.2) is 6.10 Å². The number of rotatable bonds is 2. The number of aryl methyl sites for hydroxylation is 1. The summed E-state index contributed by atoms with van der Waals surface area (Å²) in [4.78, 5) is 31.9. The van der Waals surface area contributed by atoms with E-state index in [-0.39, 0.29) is 17.5 Å². The van der Waals surface area contributed by atoms with E-state index in [1.54, 1.807) is 17.7 Å². The van der Waals surface area contributed by atoms with Crippen molar-refractivity contribution in [2.24, 2.45) is 11.1 Å². The van der Waals surface area contributed by atoms with Crippen LogP contribution in [0.25, 0.3) is 0 Å². The first kappa shape index (κ1) is 15.8. The van der Waals surface area contributed by atoms with E-state index in [0.717, 1.165) is 11.3 Å². The molecular weight excluding hydrogens is 322 g/mol. The van der Waals surface area contributed by atoms with Crippen LogP contribution in [0.3, 0.4) is 0 Å². The molecule has 0 bridgehead atoms. The quantitative estimate of drug-likeness (QED) is 0.850. The van der Waals surface area contributed by atoms with Gasteiger partial charge in [0.25, 0.3) is 5.56 Å². The third kappa shape index (κ3) is 2.60. The topological polar surface area (TPSA) is 96.7 Å². The molecule has 0 unspecified atom stereocenters. The van der Waals surface area contributed by atoms with E-state index >= 15 is 0 Å². The second kappa shape index (κ2) is 6.00. The predicted molar refractivity (Wildman–Crippen MR) is 91.7 cm³/mol. The Kier molecular flexibility index (Phi) is 3.80. The Labute approximate surface area is 143 Å². The SMILES string of the molecule is Cc1cn([C@H]2CC[C@@H](O)[C@@H]3ON=C(c4ccccc4)[C@@H]32)c(=O)[nH]c1=O. The van der Waals surface area contributed by atoms with E-state index in [2.05, 4.69) is 10.1 Å². The van der Waals surface area contributed by atoms with Crippen LogP contribution in [0.2, 0.25) is 0 Å². The molecule has 7 heteroatoms. The minimum absolute atomic E-state index is 0.238. The maximum Gasteiger partial charge on any atom is 0.328 e. The molecule has 2 aliphatic rings. The summed E-state index contributed by atoms with van der Waals surface area (Å²) in [5, 5.41) is 14.5. The smallest absolute Gasteiger partial charge is 0.328 e. The second-order valence-corrected chi connectivity index (χ2v) is 6.63. The van der Waals surface area contributed by atoms with Crippen LogP contribution in [-0.2, 0) is 4.84 Å². The van der Waals surface area contributed by atoms with Crippen LogP contribution in [0.15, 0.2) is 51.3 Å². The summed E-state index contributed by atoms with van der Waals surface area (Å²) in [6.07, 6.45) is 1.57. The summed E-state index contributed by atoms with van der Waals surface area (Å²) >= 11 is 0. The van der Waals surface area contributed by atoms with Gasteiger partial charge in [-0.1, -0.05) is 35.5 Å². The zero-order chi connectivity index (χ0) is 17.6. The molecule has 4 rings (SSSR count). The number of benzene rings is 1. The van der Waals surface area contributed by atoms with E-state index in [1.165, 1.54) is 0 Å². The van der Waals surface area contributed by atoms with E-state index in [1.807, 2.05) is 30.3 Å². The van der Waals surface area contributed by atoms with E-state index < -0.39 is 17.9 Å². The van der Waals surface area contributed by atoms with Crippen molar-refractivity contribution in [3.63, 3.8) is 0 Å². The number of aliphatic hydroxyl groups excluding tert-OH is 1. The predicted octanol–water partition coefficient (Wildman–Crippen LogP) is 0.960. The lowest BCUT2D eigenvalue weighted by Crippen LogP contribution is -2.47. The molecule has 0 radical (unpaired) electrons. The van der Waals surface area contributed by atoms with Gasteiger partial charge in [-0.15, -0.1) is 0 Å². The molecule has 2 aromatic rings. The molecular formula is C18H19N3O4. The molecule has 0 amide bonds. The number of nitrogens with one attached hydrogen (secondary N) is 1. The number of hydrogen-bond donors (Lipinski definition) is 2. The normalized spacial score (nSPS) is 28.2. The van der Waals surface area contributed by atoms with Crippen molar-refractivity contribution in [2.75, 3.05) is 0 Å². The van der Waals surface area contributed by atoms with Crippen LogP contribution in [0.5, 0.6) is 0 Å². The Hall–Kier alpha value is -2.67. The van der Waals surface area contributed by atoms with Crippen molar-refractivity contribution in [2.45, 2.75) is 38.0 Å². The van der Waals surface area contributed by atoms with Crippen molar-refractivity contribution in [3.8, 4) is 0 Å². The monoisotopic (exact) mass is 341 g/mol. The highest BCUT2D eigenvalue weighted by atomic mass is 16.7. The Balaban J connectivity index is 1.80. The van der Waals surface area contributed by atoms with Crippen molar-refractivity contribution >= 4 is 5.71 Å². The van der Waals surface area contributed by atoms with Crippen molar-refractivity contribution in [1.82, 2.24) is 9.55 Å². The van der Waals surface area contributed by atoms with Crippen molar-refractivity contribution in [1.29, 1.82) is 0 Å². The van der Waals surface area contributed by atoms with Gasteiger partial charge >= 0.3 is 5.69 Å². The number of fused-ring (bicyclic) bond motifs is 1. The summed E-state index contributed by atoms with van der Waals surface area (Å²) < 4.78 is 1.55. The molecule has 7 nitrogen and oxygen atoms in total. The van der Waals surface area contributed by atoms with Crippen molar-refractivity contribution < 1.29 is 9.94 Å². The number of aromatic amines is 1. The molecule has 0 spiro atoms. The lowest BCUT2D eigenvalue weighted by atomic mass is 9.76. The number of oxime groups is 1. The van der Waals surface area contributed by atoms with Gasteiger partial charge in [-0.2, -0.15) is 0 Å².